The molecule has 0 bridgehead atoms. The van der Waals surface area contributed by atoms with E-state index in [1.807, 2.05) is 25.1 Å². The fraction of sp³-hybridized carbons (Fsp3) is 0.438. The maximum atomic E-state index is 11.7. The summed E-state index contributed by atoms with van der Waals surface area (Å²) in [4.78, 5) is 23.2. The predicted octanol–water partition coefficient (Wildman–Crippen LogP) is 3.09. The lowest BCUT2D eigenvalue weighted by Crippen LogP contribution is -2.21. The number of para-hydroxylation sites is 1. The van der Waals surface area contributed by atoms with E-state index >= 15 is 0 Å². The highest BCUT2D eigenvalue weighted by molar-refractivity contribution is 5.93. The average Bonchev–Trinajstić information content (AvgIpc) is 2.49. The molecule has 0 radical (unpaired) electrons. The number of nitrogens with one attached hydrogen (secondary N) is 2. The zero-order valence-electron chi connectivity index (χ0n) is 12.7. The largest absolute Gasteiger partial charge is 0.326 e. The van der Waals surface area contributed by atoms with E-state index in [9.17, 15) is 9.59 Å². The Labute approximate surface area is 125 Å². The van der Waals surface area contributed by atoms with Crippen molar-refractivity contribution in [2.45, 2.75) is 46.0 Å². The Morgan fingerprint density at radius 3 is 2.38 bits per heavy atom. The van der Waals surface area contributed by atoms with Crippen LogP contribution in [0.25, 0.3) is 0 Å². The van der Waals surface area contributed by atoms with Crippen molar-refractivity contribution in [2.75, 3.05) is 5.32 Å². The van der Waals surface area contributed by atoms with Crippen molar-refractivity contribution in [3.05, 3.63) is 30.3 Å². The molecule has 5 heteroatoms. The molecule has 0 saturated carbocycles. The molecule has 2 N–H and O–H groups in total. The van der Waals surface area contributed by atoms with E-state index in [1.165, 1.54) is 0 Å². The fourth-order valence-electron chi connectivity index (χ4n) is 1.67. The van der Waals surface area contributed by atoms with E-state index in [1.54, 1.807) is 12.1 Å². The minimum atomic E-state index is -0.242. The number of rotatable bonds is 8. The van der Waals surface area contributed by atoms with Crippen LogP contribution in [0.2, 0.25) is 0 Å². The topological polar surface area (TPSA) is 70.6 Å². The lowest BCUT2D eigenvalue weighted by atomic mass is 10.2. The molecule has 114 valence electrons. The van der Waals surface area contributed by atoms with Crippen molar-refractivity contribution in [1.82, 2.24) is 5.43 Å². The second-order valence-electron chi connectivity index (χ2n) is 4.90. The van der Waals surface area contributed by atoms with Gasteiger partial charge in [0.1, 0.15) is 0 Å². The Hall–Kier alpha value is -2.17. The molecule has 0 saturated heterocycles. The summed E-state index contributed by atoms with van der Waals surface area (Å²) in [6.45, 7) is 4.00. The van der Waals surface area contributed by atoms with Gasteiger partial charge in [-0.2, -0.15) is 5.10 Å². The highest BCUT2D eigenvalue weighted by Gasteiger charge is 2.06. The molecule has 0 aliphatic rings. The summed E-state index contributed by atoms with van der Waals surface area (Å²) in [6.07, 6.45) is 3.31. The Morgan fingerprint density at radius 1 is 1.05 bits per heavy atom. The van der Waals surface area contributed by atoms with Gasteiger partial charge >= 0.3 is 0 Å². The second-order valence-corrected chi connectivity index (χ2v) is 4.90. The number of carbonyl (C=O) groups excluding carboxylic acids is 2. The third kappa shape index (κ3) is 7.87. The number of amides is 2. The number of carbonyl (C=O) groups is 2. The predicted molar refractivity (Wildman–Crippen MR) is 85.1 cm³/mol. The van der Waals surface area contributed by atoms with E-state index in [2.05, 4.69) is 22.8 Å². The van der Waals surface area contributed by atoms with Crippen LogP contribution >= 0.6 is 0 Å². The first-order valence-electron chi connectivity index (χ1n) is 7.28. The van der Waals surface area contributed by atoms with Crippen LogP contribution in [-0.2, 0) is 9.59 Å². The van der Waals surface area contributed by atoms with Gasteiger partial charge in [0.2, 0.25) is 11.8 Å². The molecule has 1 aromatic carbocycles. The van der Waals surface area contributed by atoms with Crippen LogP contribution in [-0.4, -0.2) is 17.5 Å². The normalized spacial score (nSPS) is 11.0. The van der Waals surface area contributed by atoms with Crippen LogP contribution in [0.1, 0.15) is 46.0 Å². The highest BCUT2D eigenvalue weighted by Crippen LogP contribution is 2.06. The minimum Gasteiger partial charge on any atom is -0.326 e. The van der Waals surface area contributed by atoms with Crippen molar-refractivity contribution in [1.29, 1.82) is 0 Å². The van der Waals surface area contributed by atoms with Gasteiger partial charge in [-0.3, -0.25) is 9.59 Å². The van der Waals surface area contributed by atoms with Gasteiger partial charge in [-0.1, -0.05) is 31.5 Å². The molecule has 0 aliphatic heterocycles. The zero-order valence-corrected chi connectivity index (χ0v) is 12.7. The standard InChI is InChI=1S/C16H23N3O2/c1-3-4-8-13(2)18-19-16(21)12-11-15(20)17-14-9-6-5-7-10-14/h5-7,9-10H,3-4,8,11-12H2,1-2H3,(H,17,20)(H,19,21). The Bertz CT molecular complexity index is 484. The van der Waals surface area contributed by atoms with Crippen molar-refractivity contribution in [3.8, 4) is 0 Å². The van der Waals surface area contributed by atoms with E-state index in [4.69, 9.17) is 0 Å². The first kappa shape index (κ1) is 16.9. The molecule has 0 spiro atoms. The number of hydrazone groups is 1. The van der Waals surface area contributed by atoms with Crippen LogP contribution < -0.4 is 10.7 Å². The van der Waals surface area contributed by atoms with Crippen molar-refractivity contribution < 1.29 is 9.59 Å². The second kappa shape index (κ2) is 9.69. The maximum Gasteiger partial charge on any atom is 0.240 e. The quantitative estimate of drug-likeness (QED) is 0.570. The van der Waals surface area contributed by atoms with E-state index < -0.39 is 0 Å². The number of nitrogens with zero attached hydrogens (tertiary/aromatic N) is 1. The third-order valence-corrected chi connectivity index (χ3v) is 2.90. The van der Waals surface area contributed by atoms with Gasteiger partial charge in [-0.05, 0) is 31.9 Å². The minimum absolute atomic E-state index is 0.128. The van der Waals surface area contributed by atoms with E-state index in [0.29, 0.717) is 0 Å². The first-order valence-corrected chi connectivity index (χ1v) is 7.28. The lowest BCUT2D eigenvalue weighted by molar-refractivity contribution is -0.124. The summed E-state index contributed by atoms with van der Waals surface area (Å²) in [6, 6.07) is 9.17. The van der Waals surface area contributed by atoms with Crippen molar-refractivity contribution in [3.63, 3.8) is 0 Å². The van der Waals surface area contributed by atoms with Gasteiger partial charge in [0.15, 0.2) is 0 Å². The molecular weight excluding hydrogens is 266 g/mol. The molecule has 0 unspecified atom stereocenters. The van der Waals surface area contributed by atoms with Gasteiger partial charge in [0, 0.05) is 24.2 Å². The van der Waals surface area contributed by atoms with Crippen LogP contribution in [0.3, 0.4) is 0 Å². The number of benzene rings is 1. The van der Waals surface area contributed by atoms with Gasteiger partial charge in [-0.15, -0.1) is 0 Å². The molecule has 0 fully saturated rings. The fourth-order valence-corrected chi connectivity index (χ4v) is 1.67. The molecule has 2 amide bonds. The average molecular weight is 289 g/mol. The zero-order chi connectivity index (χ0) is 15.5. The molecule has 0 heterocycles. The van der Waals surface area contributed by atoms with Gasteiger partial charge in [0.25, 0.3) is 0 Å². The molecular formula is C16H23N3O2. The van der Waals surface area contributed by atoms with Crippen LogP contribution in [0, 0.1) is 0 Å². The summed E-state index contributed by atoms with van der Waals surface area (Å²) < 4.78 is 0. The third-order valence-electron chi connectivity index (χ3n) is 2.90. The first-order chi connectivity index (χ1) is 10.1. The summed E-state index contributed by atoms with van der Waals surface area (Å²) in [7, 11) is 0. The van der Waals surface area contributed by atoms with Crippen molar-refractivity contribution in [2.24, 2.45) is 5.10 Å². The summed E-state index contributed by atoms with van der Waals surface area (Å²) in [5.74, 6) is -0.419. The summed E-state index contributed by atoms with van der Waals surface area (Å²) >= 11 is 0. The molecule has 0 aromatic heterocycles. The van der Waals surface area contributed by atoms with Gasteiger partial charge in [0.05, 0.1) is 0 Å². The Morgan fingerprint density at radius 2 is 1.71 bits per heavy atom. The lowest BCUT2D eigenvalue weighted by Gasteiger charge is -2.05. The Kier molecular flexibility index (Phi) is 7.79. The number of hydrogen-bond acceptors (Lipinski definition) is 3. The van der Waals surface area contributed by atoms with Crippen LogP contribution in [0.4, 0.5) is 5.69 Å². The molecule has 5 nitrogen and oxygen atoms in total. The van der Waals surface area contributed by atoms with Gasteiger partial charge in [-0.25, -0.2) is 5.43 Å². The van der Waals surface area contributed by atoms with E-state index in [-0.39, 0.29) is 24.7 Å². The van der Waals surface area contributed by atoms with Crippen molar-refractivity contribution >= 4 is 23.2 Å². The molecule has 0 aliphatic carbocycles. The number of anilines is 1. The molecule has 1 rings (SSSR count). The SMILES string of the molecule is CCCCC(C)=NNC(=O)CCC(=O)Nc1ccccc1. The molecule has 21 heavy (non-hydrogen) atoms. The number of hydrogen-bond donors (Lipinski definition) is 2. The number of unbranched alkanes of at least 4 members (excludes halogenated alkanes) is 1. The maximum absolute atomic E-state index is 11.7. The Balaban J connectivity index is 2.25. The van der Waals surface area contributed by atoms with Crippen LogP contribution in [0.5, 0.6) is 0 Å². The summed E-state index contributed by atoms with van der Waals surface area (Å²) in [5.41, 5.74) is 4.11. The molecule has 1 aromatic rings. The molecule has 0 atom stereocenters. The van der Waals surface area contributed by atoms with Crippen LogP contribution in [0.15, 0.2) is 35.4 Å². The van der Waals surface area contributed by atoms with E-state index in [0.717, 1.165) is 30.7 Å². The monoisotopic (exact) mass is 289 g/mol. The summed E-state index contributed by atoms with van der Waals surface area (Å²) in [5, 5.41) is 6.74. The smallest absolute Gasteiger partial charge is 0.240 e. The highest BCUT2D eigenvalue weighted by atomic mass is 16.2. The van der Waals surface area contributed by atoms with Gasteiger partial charge < -0.3 is 5.32 Å².